The number of hydrogen-bond donors (Lipinski definition) is 1. The van der Waals surface area contributed by atoms with Crippen molar-refractivity contribution in [2.75, 3.05) is 54.8 Å². The Morgan fingerprint density at radius 3 is 2.63 bits per heavy atom. The average molecular weight is 439 g/mol. The molecule has 1 unspecified atom stereocenters. The van der Waals surface area contributed by atoms with Crippen molar-refractivity contribution >= 4 is 33.4 Å². The van der Waals surface area contributed by atoms with Gasteiger partial charge in [-0.3, -0.25) is 9.69 Å². The maximum atomic E-state index is 14.8. The number of ether oxygens (including phenoxy) is 1. The molecule has 0 aromatic heterocycles. The fourth-order valence-corrected chi connectivity index (χ4v) is 4.46. The maximum absolute atomic E-state index is 14.8. The molecule has 2 aliphatic rings. The van der Waals surface area contributed by atoms with Gasteiger partial charge >= 0.3 is 6.09 Å². The van der Waals surface area contributed by atoms with Crippen LogP contribution in [0.4, 0.5) is 20.6 Å². The summed E-state index contributed by atoms with van der Waals surface area (Å²) in [5.74, 6) is -1.36. The number of nitrogens with one attached hydrogen (secondary N) is 1. The number of carbonyl (C=O) groups excluding carboxylic acids is 2. The molecule has 162 valence electrons. The van der Waals surface area contributed by atoms with E-state index >= 15 is 0 Å². The molecular formula is C18H22FN5O5S. The molecule has 0 saturated carbocycles. The number of piperazine rings is 1. The van der Waals surface area contributed by atoms with Crippen molar-refractivity contribution in [2.24, 2.45) is 0 Å². The fraction of sp³-hybridized carbons (Fsp3) is 0.500. The Labute approximate surface area is 173 Å². The second-order valence-corrected chi connectivity index (χ2v) is 8.96. The molecule has 10 nitrogen and oxygen atoms in total. The van der Waals surface area contributed by atoms with Crippen LogP contribution in [0.5, 0.6) is 0 Å². The minimum atomic E-state index is -3.62. The molecule has 0 bridgehead atoms. The topological polar surface area (TPSA) is 123 Å². The quantitative estimate of drug-likeness (QED) is 0.675. The van der Waals surface area contributed by atoms with Crippen LogP contribution in [0.3, 0.4) is 0 Å². The highest BCUT2D eigenvalue weighted by Crippen LogP contribution is 2.28. The molecule has 0 spiro atoms. The summed E-state index contributed by atoms with van der Waals surface area (Å²) in [6, 6.07) is 6.01. The normalized spacial score (nSPS) is 20.0. The van der Waals surface area contributed by atoms with Crippen molar-refractivity contribution in [1.29, 1.82) is 5.26 Å². The zero-order chi connectivity index (χ0) is 21.9. The molecule has 2 saturated heterocycles. The fourth-order valence-electron chi connectivity index (χ4n) is 3.40. The highest BCUT2D eigenvalue weighted by atomic mass is 32.2. The van der Waals surface area contributed by atoms with Crippen LogP contribution in [-0.2, 0) is 19.6 Å². The number of amides is 2. The van der Waals surface area contributed by atoms with E-state index in [9.17, 15) is 22.4 Å². The summed E-state index contributed by atoms with van der Waals surface area (Å²) in [7, 11) is -3.62. The SMILES string of the molecule is CC(=O)NCC1CN(c2ccc(N3CCN(S(=O)(=O)CC#N)CC3)c(F)c2)C(=O)O1. The van der Waals surface area contributed by atoms with Crippen LogP contribution in [0, 0.1) is 17.1 Å². The second kappa shape index (κ2) is 8.85. The van der Waals surface area contributed by atoms with Gasteiger partial charge in [-0.05, 0) is 18.2 Å². The van der Waals surface area contributed by atoms with Gasteiger partial charge in [-0.1, -0.05) is 0 Å². The van der Waals surface area contributed by atoms with E-state index in [1.54, 1.807) is 23.1 Å². The number of halogens is 1. The number of cyclic esters (lactones) is 1. The summed E-state index contributed by atoms with van der Waals surface area (Å²) in [5, 5.41) is 11.2. The van der Waals surface area contributed by atoms with Gasteiger partial charge in [0, 0.05) is 33.1 Å². The second-order valence-electron chi connectivity index (χ2n) is 6.99. The predicted molar refractivity (Wildman–Crippen MR) is 106 cm³/mol. The van der Waals surface area contributed by atoms with E-state index in [0.717, 1.165) is 0 Å². The molecular weight excluding hydrogens is 417 g/mol. The molecule has 2 fully saturated rings. The summed E-state index contributed by atoms with van der Waals surface area (Å²) in [4.78, 5) is 26.1. The number of rotatable bonds is 6. The summed E-state index contributed by atoms with van der Waals surface area (Å²) < 4.78 is 45.1. The Hall–Kier alpha value is -2.91. The number of hydrogen-bond acceptors (Lipinski definition) is 7. The van der Waals surface area contributed by atoms with E-state index in [4.69, 9.17) is 10.00 Å². The lowest BCUT2D eigenvalue weighted by Crippen LogP contribution is -2.49. The van der Waals surface area contributed by atoms with Gasteiger partial charge in [-0.25, -0.2) is 17.6 Å². The van der Waals surface area contributed by atoms with E-state index < -0.39 is 33.8 Å². The van der Waals surface area contributed by atoms with Crippen LogP contribution < -0.4 is 15.1 Å². The Bertz CT molecular complexity index is 972. The van der Waals surface area contributed by atoms with E-state index in [1.165, 1.54) is 22.2 Å². The van der Waals surface area contributed by atoms with Gasteiger partial charge in [-0.2, -0.15) is 9.57 Å². The molecule has 0 radical (unpaired) electrons. The van der Waals surface area contributed by atoms with Gasteiger partial charge < -0.3 is 15.0 Å². The summed E-state index contributed by atoms with van der Waals surface area (Å²) in [5.41, 5.74) is 0.639. The lowest BCUT2D eigenvalue weighted by molar-refractivity contribution is -0.119. The third kappa shape index (κ3) is 4.80. The first-order valence-corrected chi connectivity index (χ1v) is 10.9. The number of anilines is 2. The van der Waals surface area contributed by atoms with Gasteiger partial charge in [0.2, 0.25) is 15.9 Å². The monoisotopic (exact) mass is 439 g/mol. The zero-order valence-corrected chi connectivity index (χ0v) is 17.2. The van der Waals surface area contributed by atoms with E-state index in [-0.39, 0.29) is 45.2 Å². The number of benzene rings is 1. The molecule has 1 atom stereocenters. The predicted octanol–water partition coefficient (Wildman–Crippen LogP) is 0.262. The molecule has 2 aliphatic heterocycles. The van der Waals surface area contributed by atoms with Crippen molar-refractivity contribution in [3.8, 4) is 6.07 Å². The smallest absolute Gasteiger partial charge is 0.414 e. The molecule has 30 heavy (non-hydrogen) atoms. The van der Waals surface area contributed by atoms with E-state index in [1.807, 2.05) is 0 Å². The molecule has 12 heteroatoms. The van der Waals surface area contributed by atoms with Gasteiger partial charge in [0.25, 0.3) is 0 Å². The Morgan fingerprint density at radius 1 is 1.33 bits per heavy atom. The lowest BCUT2D eigenvalue weighted by Gasteiger charge is -2.35. The molecule has 2 amide bonds. The zero-order valence-electron chi connectivity index (χ0n) is 16.4. The minimum Gasteiger partial charge on any atom is -0.442 e. The van der Waals surface area contributed by atoms with Gasteiger partial charge in [0.15, 0.2) is 5.75 Å². The third-order valence-corrected chi connectivity index (χ3v) is 6.56. The first-order valence-electron chi connectivity index (χ1n) is 9.33. The first kappa shape index (κ1) is 21.8. The lowest BCUT2D eigenvalue weighted by atomic mass is 10.2. The van der Waals surface area contributed by atoms with Gasteiger partial charge in [0.1, 0.15) is 11.9 Å². The first-order chi connectivity index (χ1) is 14.2. The van der Waals surface area contributed by atoms with Crippen molar-refractivity contribution < 1.29 is 27.1 Å². The van der Waals surface area contributed by atoms with Crippen LogP contribution >= 0.6 is 0 Å². The molecule has 2 heterocycles. The van der Waals surface area contributed by atoms with Crippen molar-refractivity contribution in [3.05, 3.63) is 24.0 Å². The Morgan fingerprint density at radius 2 is 2.03 bits per heavy atom. The molecule has 1 aromatic rings. The molecule has 0 aliphatic carbocycles. The Balaban J connectivity index is 1.65. The molecule has 1 aromatic carbocycles. The summed E-state index contributed by atoms with van der Waals surface area (Å²) in [6.07, 6.45) is -1.14. The minimum absolute atomic E-state index is 0.161. The maximum Gasteiger partial charge on any atom is 0.414 e. The Kier molecular flexibility index (Phi) is 6.42. The number of nitrogens with zero attached hydrogens (tertiary/aromatic N) is 4. The van der Waals surface area contributed by atoms with Crippen molar-refractivity contribution in [1.82, 2.24) is 9.62 Å². The van der Waals surface area contributed by atoms with Crippen molar-refractivity contribution in [3.63, 3.8) is 0 Å². The van der Waals surface area contributed by atoms with E-state index in [0.29, 0.717) is 11.4 Å². The standard InChI is InChI=1S/C18H22FN5O5S/c1-13(25)21-11-15-12-24(18(26)29-15)14-2-3-17(16(19)10-14)22-5-7-23(8-6-22)30(27,28)9-4-20/h2-3,10,15H,5-9,11-12H2,1H3,(H,21,25). The summed E-state index contributed by atoms with van der Waals surface area (Å²) in [6.45, 7) is 2.62. The van der Waals surface area contributed by atoms with Gasteiger partial charge in [0.05, 0.1) is 30.5 Å². The van der Waals surface area contributed by atoms with Crippen LogP contribution in [0.25, 0.3) is 0 Å². The van der Waals surface area contributed by atoms with Crippen LogP contribution in [0.1, 0.15) is 6.92 Å². The van der Waals surface area contributed by atoms with Crippen LogP contribution in [-0.4, -0.2) is 75.8 Å². The highest BCUT2D eigenvalue weighted by Gasteiger charge is 2.33. The average Bonchev–Trinajstić information content (AvgIpc) is 3.07. The molecule has 3 rings (SSSR count). The number of nitriles is 1. The third-order valence-electron chi connectivity index (χ3n) is 4.92. The highest BCUT2D eigenvalue weighted by molar-refractivity contribution is 7.89. The number of carbonyl (C=O) groups is 2. The van der Waals surface area contributed by atoms with Gasteiger partial charge in [-0.15, -0.1) is 0 Å². The van der Waals surface area contributed by atoms with E-state index in [2.05, 4.69) is 5.32 Å². The van der Waals surface area contributed by atoms with Crippen LogP contribution in [0.15, 0.2) is 18.2 Å². The summed E-state index contributed by atoms with van der Waals surface area (Å²) >= 11 is 0. The number of sulfonamides is 1. The largest absolute Gasteiger partial charge is 0.442 e. The molecule has 1 N–H and O–H groups in total. The van der Waals surface area contributed by atoms with Crippen molar-refractivity contribution in [2.45, 2.75) is 13.0 Å². The van der Waals surface area contributed by atoms with Crippen LogP contribution in [0.2, 0.25) is 0 Å².